The fraction of sp³-hybridized carbons (Fsp3) is 0.125. The van der Waals surface area contributed by atoms with Crippen molar-refractivity contribution < 1.29 is 32.6 Å². The quantitative estimate of drug-likeness (QED) is 0.663. The predicted octanol–water partition coefficient (Wildman–Crippen LogP) is 2.99. The van der Waals surface area contributed by atoms with Gasteiger partial charge < -0.3 is 15.2 Å². The van der Waals surface area contributed by atoms with E-state index >= 15 is 0 Å². The fourth-order valence-electron chi connectivity index (χ4n) is 1.74. The third-order valence-corrected chi connectivity index (χ3v) is 3.05. The van der Waals surface area contributed by atoms with Gasteiger partial charge in [-0.1, -0.05) is 0 Å². The van der Waals surface area contributed by atoms with Crippen LogP contribution in [0.25, 0.3) is 0 Å². The van der Waals surface area contributed by atoms with Crippen LogP contribution >= 0.6 is 0 Å². The van der Waals surface area contributed by atoms with E-state index in [4.69, 9.17) is 9.84 Å². The minimum Gasteiger partial charge on any atom is -0.508 e. The van der Waals surface area contributed by atoms with Crippen LogP contribution in [0.3, 0.4) is 0 Å². The Bertz CT molecular complexity index is 778. The average Bonchev–Trinajstić information content (AvgIpc) is 2.55. The Morgan fingerprint density at radius 1 is 1.04 bits per heavy atom. The standard InChI is InChI=1S/C16H12F3NO4/c1-8(24-16(23)9-2-4-10(21)5-3-9)15(22)20-12-7-6-11(17)13(18)14(12)19/h2-8,21H,1H3,(H,20,22)/t8-/m1/s1. The Kier molecular flexibility index (Phi) is 5.08. The van der Waals surface area contributed by atoms with Gasteiger partial charge in [0.1, 0.15) is 5.75 Å². The molecule has 2 N–H and O–H groups in total. The Balaban J connectivity index is 2.03. The maximum absolute atomic E-state index is 13.5. The summed E-state index contributed by atoms with van der Waals surface area (Å²) in [7, 11) is 0. The van der Waals surface area contributed by atoms with E-state index in [1.165, 1.54) is 31.2 Å². The van der Waals surface area contributed by atoms with Crippen molar-refractivity contribution in [1.82, 2.24) is 0 Å². The number of ether oxygens (including phenoxy) is 1. The summed E-state index contributed by atoms with van der Waals surface area (Å²) >= 11 is 0. The van der Waals surface area contributed by atoms with Crippen LogP contribution in [0.2, 0.25) is 0 Å². The highest BCUT2D eigenvalue weighted by Gasteiger charge is 2.21. The molecule has 126 valence electrons. The molecule has 0 bridgehead atoms. The smallest absolute Gasteiger partial charge is 0.338 e. The van der Waals surface area contributed by atoms with Crippen molar-refractivity contribution in [1.29, 1.82) is 0 Å². The SMILES string of the molecule is C[C@@H](OC(=O)c1ccc(O)cc1)C(=O)Nc1ccc(F)c(F)c1F. The zero-order chi connectivity index (χ0) is 17.9. The number of carbonyl (C=O) groups is 2. The lowest BCUT2D eigenvalue weighted by atomic mass is 10.2. The second-order valence-electron chi connectivity index (χ2n) is 4.81. The Hall–Kier alpha value is -3.03. The van der Waals surface area contributed by atoms with Gasteiger partial charge in [-0.25, -0.2) is 18.0 Å². The Labute approximate surface area is 134 Å². The summed E-state index contributed by atoms with van der Waals surface area (Å²) in [5.74, 6) is -6.49. The van der Waals surface area contributed by atoms with Gasteiger partial charge in [0.25, 0.3) is 5.91 Å². The minimum atomic E-state index is -1.72. The molecule has 0 radical (unpaired) electrons. The number of hydrogen-bond donors (Lipinski definition) is 2. The van der Waals surface area contributed by atoms with Crippen LogP contribution in [-0.2, 0) is 9.53 Å². The van der Waals surface area contributed by atoms with Crippen molar-refractivity contribution in [2.24, 2.45) is 0 Å². The van der Waals surface area contributed by atoms with Crippen molar-refractivity contribution >= 4 is 17.6 Å². The number of rotatable bonds is 4. The number of aromatic hydroxyl groups is 1. The third kappa shape index (κ3) is 3.83. The molecule has 2 aromatic rings. The molecule has 0 spiro atoms. The highest BCUT2D eigenvalue weighted by atomic mass is 19.2. The topological polar surface area (TPSA) is 75.6 Å². The number of halogens is 3. The third-order valence-electron chi connectivity index (χ3n) is 3.05. The molecule has 0 aliphatic heterocycles. The summed E-state index contributed by atoms with van der Waals surface area (Å²) < 4.78 is 44.3. The summed E-state index contributed by atoms with van der Waals surface area (Å²) in [5, 5.41) is 11.1. The molecule has 0 aliphatic rings. The van der Waals surface area contributed by atoms with E-state index < -0.39 is 41.1 Å². The highest BCUT2D eigenvalue weighted by Crippen LogP contribution is 2.20. The zero-order valence-corrected chi connectivity index (χ0v) is 12.3. The summed E-state index contributed by atoms with van der Waals surface area (Å²) in [6.45, 7) is 1.23. The summed E-state index contributed by atoms with van der Waals surface area (Å²) in [6, 6.07) is 6.60. The van der Waals surface area contributed by atoms with Gasteiger partial charge in [-0.2, -0.15) is 0 Å². The van der Waals surface area contributed by atoms with E-state index in [0.717, 1.165) is 6.07 Å². The van der Waals surface area contributed by atoms with E-state index in [1.807, 2.05) is 5.32 Å². The monoisotopic (exact) mass is 339 g/mol. The van der Waals surface area contributed by atoms with Crippen LogP contribution in [0.5, 0.6) is 5.75 Å². The lowest BCUT2D eigenvalue weighted by Gasteiger charge is -2.14. The number of esters is 1. The van der Waals surface area contributed by atoms with Crippen LogP contribution in [0, 0.1) is 17.5 Å². The second-order valence-corrected chi connectivity index (χ2v) is 4.81. The van der Waals surface area contributed by atoms with E-state index in [2.05, 4.69) is 0 Å². The molecule has 0 saturated heterocycles. The molecule has 2 aromatic carbocycles. The predicted molar refractivity (Wildman–Crippen MR) is 77.9 cm³/mol. The number of hydrogen-bond acceptors (Lipinski definition) is 4. The minimum absolute atomic E-state index is 0.0499. The van der Waals surface area contributed by atoms with Crippen molar-refractivity contribution in [3.8, 4) is 5.75 Å². The fourth-order valence-corrected chi connectivity index (χ4v) is 1.74. The molecule has 0 heterocycles. The first-order chi connectivity index (χ1) is 11.3. The normalized spacial score (nSPS) is 11.7. The first-order valence-electron chi connectivity index (χ1n) is 6.74. The van der Waals surface area contributed by atoms with E-state index in [1.54, 1.807) is 0 Å². The van der Waals surface area contributed by atoms with Crippen LogP contribution in [0.15, 0.2) is 36.4 Å². The molecule has 1 amide bonds. The van der Waals surface area contributed by atoms with Crippen molar-refractivity contribution in [2.75, 3.05) is 5.32 Å². The molecule has 0 aliphatic carbocycles. The first-order valence-corrected chi connectivity index (χ1v) is 6.74. The molecular formula is C16H12F3NO4. The van der Waals surface area contributed by atoms with Crippen LogP contribution in [0.1, 0.15) is 17.3 Å². The highest BCUT2D eigenvalue weighted by molar-refractivity contribution is 5.97. The lowest BCUT2D eigenvalue weighted by Crippen LogP contribution is -2.30. The van der Waals surface area contributed by atoms with Gasteiger partial charge in [0, 0.05) is 0 Å². The van der Waals surface area contributed by atoms with E-state index in [-0.39, 0.29) is 11.3 Å². The molecule has 1 atom stereocenters. The van der Waals surface area contributed by atoms with Gasteiger partial charge in [-0.05, 0) is 43.3 Å². The average molecular weight is 339 g/mol. The molecule has 24 heavy (non-hydrogen) atoms. The van der Waals surface area contributed by atoms with E-state index in [9.17, 15) is 22.8 Å². The number of nitrogens with one attached hydrogen (secondary N) is 1. The zero-order valence-electron chi connectivity index (χ0n) is 12.3. The molecule has 0 unspecified atom stereocenters. The first kappa shape index (κ1) is 17.3. The number of carbonyl (C=O) groups excluding carboxylic acids is 2. The molecule has 5 nitrogen and oxygen atoms in total. The van der Waals surface area contributed by atoms with Crippen molar-refractivity contribution in [2.45, 2.75) is 13.0 Å². The number of phenolic OH excluding ortho intramolecular Hbond substituents is 1. The van der Waals surface area contributed by atoms with Crippen LogP contribution < -0.4 is 5.32 Å². The Morgan fingerprint density at radius 2 is 1.67 bits per heavy atom. The molecule has 8 heteroatoms. The molecule has 0 aromatic heterocycles. The summed E-state index contributed by atoms with van der Waals surface area (Å²) in [5.41, 5.74) is -0.488. The lowest BCUT2D eigenvalue weighted by molar-refractivity contribution is -0.123. The number of anilines is 1. The van der Waals surface area contributed by atoms with Gasteiger partial charge in [0.05, 0.1) is 11.3 Å². The van der Waals surface area contributed by atoms with Gasteiger partial charge in [0.2, 0.25) is 0 Å². The number of phenols is 1. The number of amides is 1. The molecule has 2 rings (SSSR count). The number of benzene rings is 2. The van der Waals surface area contributed by atoms with Gasteiger partial charge >= 0.3 is 5.97 Å². The van der Waals surface area contributed by atoms with E-state index in [0.29, 0.717) is 6.07 Å². The largest absolute Gasteiger partial charge is 0.508 e. The molecule has 0 fully saturated rings. The maximum Gasteiger partial charge on any atom is 0.338 e. The summed E-state index contributed by atoms with van der Waals surface area (Å²) in [6.07, 6.45) is -1.32. The van der Waals surface area contributed by atoms with Crippen molar-refractivity contribution in [3.63, 3.8) is 0 Å². The van der Waals surface area contributed by atoms with Crippen LogP contribution in [0.4, 0.5) is 18.9 Å². The van der Waals surface area contributed by atoms with Gasteiger partial charge in [-0.3, -0.25) is 4.79 Å². The second kappa shape index (κ2) is 7.03. The van der Waals surface area contributed by atoms with Gasteiger partial charge in [0.15, 0.2) is 23.6 Å². The Morgan fingerprint density at radius 3 is 2.29 bits per heavy atom. The van der Waals surface area contributed by atoms with Crippen LogP contribution in [-0.4, -0.2) is 23.1 Å². The summed E-state index contributed by atoms with van der Waals surface area (Å²) in [4.78, 5) is 23.7. The van der Waals surface area contributed by atoms with Gasteiger partial charge in [-0.15, -0.1) is 0 Å². The molecule has 0 saturated carbocycles. The maximum atomic E-state index is 13.5. The molecular weight excluding hydrogens is 327 g/mol. The van der Waals surface area contributed by atoms with Crippen molar-refractivity contribution in [3.05, 3.63) is 59.4 Å².